The Morgan fingerprint density at radius 3 is 2.50 bits per heavy atom. The lowest BCUT2D eigenvalue weighted by molar-refractivity contribution is 0.350. The van der Waals surface area contributed by atoms with Gasteiger partial charge in [-0.1, -0.05) is 37.6 Å². The van der Waals surface area contributed by atoms with Gasteiger partial charge in [0.2, 0.25) is 0 Å². The van der Waals surface area contributed by atoms with E-state index in [0.717, 1.165) is 32.1 Å². The van der Waals surface area contributed by atoms with Gasteiger partial charge in [-0.2, -0.15) is 10.5 Å². The van der Waals surface area contributed by atoms with Gasteiger partial charge in [0, 0.05) is 23.3 Å². The molecular weight excluding hydrogens is 502 g/mol. The molecule has 2 atom stereocenters. The number of anilines is 2. The van der Waals surface area contributed by atoms with Crippen molar-refractivity contribution in [1.29, 1.82) is 10.5 Å². The van der Waals surface area contributed by atoms with Crippen LogP contribution in [0.4, 0.5) is 15.8 Å². The first-order valence-electron chi connectivity index (χ1n) is 13.5. The number of nitrogens with one attached hydrogen (secondary N) is 2. The molecular formula is C30H28BFN8. The summed E-state index contributed by atoms with van der Waals surface area (Å²) in [7, 11) is 7.04. The molecule has 2 heterocycles. The molecule has 2 aromatic heterocycles. The Hall–Kier alpha value is -4.44. The van der Waals surface area contributed by atoms with Crippen LogP contribution in [0.5, 0.6) is 0 Å². The van der Waals surface area contributed by atoms with Crippen LogP contribution in [0.1, 0.15) is 74.4 Å². The topological polar surface area (TPSA) is 115 Å². The second-order valence-electron chi connectivity index (χ2n) is 11.5. The number of hydrogen-bond donors (Lipinski definition) is 2. The minimum Gasteiger partial charge on any atom is -0.380 e. The van der Waals surface area contributed by atoms with Crippen molar-refractivity contribution in [2.45, 2.75) is 63.5 Å². The lowest BCUT2D eigenvalue weighted by atomic mass is 9.69. The number of benzene rings is 2. The van der Waals surface area contributed by atoms with Crippen LogP contribution in [0.2, 0.25) is 0 Å². The highest BCUT2D eigenvalue weighted by Gasteiger charge is 2.36. The predicted octanol–water partition coefficient (Wildman–Crippen LogP) is 5.52. The number of rotatable bonds is 7. The fourth-order valence-corrected chi connectivity index (χ4v) is 5.67. The van der Waals surface area contributed by atoms with Crippen LogP contribution in [-0.4, -0.2) is 33.9 Å². The quantitative estimate of drug-likeness (QED) is 0.303. The first-order valence-corrected chi connectivity index (χ1v) is 13.5. The van der Waals surface area contributed by atoms with Crippen molar-refractivity contribution < 1.29 is 4.39 Å². The summed E-state index contributed by atoms with van der Waals surface area (Å²) in [6, 6.07) is 14.4. The number of pyridine rings is 1. The maximum absolute atomic E-state index is 13.9. The molecule has 2 saturated carbocycles. The third-order valence-electron chi connectivity index (χ3n) is 8.26. The molecule has 6 rings (SSSR count). The molecule has 2 N–H and O–H groups in total. The summed E-state index contributed by atoms with van der Waals surface area (Å²) in [6.45, 7) is 4.45. The molecule has 2 unspecified atom stereocenters. The van der Waals surface area contributed by atoms with Crippen LogP contribution in [0.15, 0.2) is 48.8 Å². The molecule has 2 fully saturated rings. The van der Waals surface area contributed by atoms with E-state index in [1.807, 2.05) is 12.3 Å². The minimum atomic E-state index is -1.39. The van der Waals surface area contributed by atoms with Crippen molar-refractivity contribution >= 4 is 30.1 Å². The van der Waals surface area contributed by atoms with Gasteiger partial charge in [0.15, 0.2) is 0 Å². The van der Waals surface area contributed by atoms with E-state index in [1.54, 1.807) is 22.9 Å². The summed E-state index contributed by atoms with van der Waals surface area (Å²) in [5.74, 6) is -0.383. The number of hydrogen-bond acceptors (Lipinski definition) is 7. The van der Waals surface area contributed by atoms with Crippen LogP contribution in [0.3, 0.4) is 0 Å². The Labute approximate surface area is 233 Å². The minimum absolute atomic E-state index is 0.0542. The SMILES string of the molecule is [B]C(Nc1cc(C#N)c2ncc(C#N)c(NC3CCCC3(C)C)c2c1)(c1ccc(F)cc1)c1cn(C2CC2)nn1. The maximum Gasteiger partial charge on any atom is 0.123 e. The normalized spacial score (nSPS) is 19.5. The van der Waals surface area contributed by atoms with Crippen molar-refractivity contribution in [2.75, 3.05) is 10.6 Å². The lowest BCUT2D eigenvalue weighted by Gasteiger charge is -2.32. The summed E-state index contributed by atoms with van der Waals surface area (Å²) in [6.07, 6.45) is 8.55. The van der Waals surface area contributed by atoms with Gasteiger partial charge in [-0.05, 0) is 60.9 Å². The average molecular weight is 530 g/mol. The fraction of sp³-hybridized carbons (Fsp3) is 0.367. The summed E-state index contributed by atoms with van der Waals surface area (Å²) in [4.78, 5) is 4.48. The number of fused-ring (bicyclic) bond motifs is 1. The molecule has 2 aromatic carbocycles. The zero-order chi connectivity index (χ0) is 28.1. The zero-order valence-corrected chi connectivity index (χ0v) is 22.4. The molecule has 8 nitrogen and oxygen atoms in total. The number of nitrogens with zero attached hydrogens (tertiary/aromatic N) is 6. The molecule has 198 valence electrons. The fourth-order valence-electron chi connectivity index (χ4n) is 5.67. The zero-order valence-electron chi connectivity index (χ0n) is 22.4. The molecule has 0 bridgehead atoms. The summed E-state index contributed by atoms with van der Waals surface area (Å²) < 4.78 is 15.7. The third-order valence-corrected chi connectivity index (χ3v) is 8.26. The molecule has 2 aliphatic carbocycles. The van der Waals surface area contributed by atoms with Gasteiger partial charge in [-0.3, -0.25) is 4.98 Å². The van der Waals surface area contributed by atoms with Crippen molar-refractivity contribution in [2.24, 2.45) is 5.41 Å². The second kappa shape index (κ2) is 9.64. The van der Waals surface area contributed by atoms with Gasteiger partial charge in [0.1, 0.15) is 31.5 Å². The monoisotopic (exact) mass is 530 g/mol. The molecule has 4 aromatic rings. The van der Waals surface area contributed by atoms with Gasteiger partial charge in [0.25, 0.3) is 0 Å². The standard InChI is InChI=1S/C30H28BFN8/c1-29(2)11-3-4-25(29)36-28-19(15-34)16-35-27-18(14-33)12-22(13-24(27)28)37-30(31,20-5-7-21(32)8-6-20)26-17-40(39-38-26)23-9-10-23/h5-8,12-13,16-17,23,25,37H,3-4,9-11H2,1-2H3,(H,35,36). The molecule has 2 radical (unpaired) electrons. The van der Waals surface area contributed by atoms with Gasteiger partial charge >= 0.3 is 0 Å². The molecule has 40 heavy (non-hydrogen) atoms. The molecule has 0 amide bonds. The Morgan fingerprint density at radius 2 is 1.85 bits per heavy atom. The average Bonchev–Trinajstić information content (AvgIpc) is 3.57. The van der Waals surface area contributed by atoms with Gasteiger partial charge < -0.3 is 10.6 Å². The van der Waals surface area contributed by atoms with Crippen molar-refractivity contribution in [3.8, 4) is 12.1 Å². The van der Waals surface area contributed by atoms with Gasteiger partial charge in [0.05, 0.1) is 40.0 Å². The van der Waals surface area contributed by atoms with Gasteiger partial charge in [-0.15, -0.1) is 5.10 Å². The lowest BCUT2D eigenvalue weighted by Crippen LogP contribution is -2.38. The molecule has 2 aliphatic rings. The first-order chi connectivity index (χ1) is 19.2. The highest BCUT2D eigenvalue weighted by molar-refractivity contribution is 6.19. The Kier molecular flexibility index (Phi) is 6.22. The molecule has 0 aliphatic heterocycles. The van der Waals surface area contributed by atoms with Crippen LogP contribution in [-0.2, 0) is 5.44 Å². The van der Waals surface area contributed by atoms with E-state index in [1.165, 1.54) is 18.3 Å². The highest BCUT2D eigenvalue weighted by Crippen LogP contribution is 2.42. The smallest absolute Gasteiger partial charge is 0.123 e. The highest BCUT2D eigenvalue weighted by atomic mass is 19.1. The van der Waals surface area contributed by atoms with Crippen LogP contribution < -0.4 is 10.6 Å². The van der Waals surface area contributed by atoms with Crippen molar-refractivity contribution in [3.05, 3.63) is 77.0 Å². The summed E-state index contributed by atoms with van der Waals surface area (Å²) in [5.41, 5.74) is 2.11. The first kappa shape index (κ1) is 25.8. The summed E-state index contributed by atoms with van der Waals surface area (Å²) >= 11 is 0. The molecule has 0 saturated heterocycles. The van der Waals surface area contributed by atoms with Crippen LogP contribution >= 0.6 is 0 Å². The van der Waals surface area contributed by atoms with E-state index < -0.39 is 5.44 Å². The predicted molar refractivity (Wildman–Crippen MR) is 151 cm³/mol. The number of halogens is 1. The van der Waals surface area contributed by atoms with Crippen LogP contribution in [0, 0.1) is 33.9 Å². The molecule has 0 spiro atoms. The van der Waals surface area contributed by atoms with E-state index in [9.17, 15) is 14.9 Å². The number of nitriles is 2. The van der Waals surface area contributed by atoms with E-state index in [2.05, 4.69) is 51.9 Å². The Morgan fingerprint density at radius 1 is 1.10 bits per heavy atom. The van der Waals surface area contributed by atoms with E-state index in [0.29, 0.717) is 50.7 Å². The third kappa shape index (κ3) is 4.54. The Bertz CT molecular complexity index is 1680. The van der Waals surface area contributed by atoms with Crippen molar-refractivity contribution in [1.82, 2.24) is 20.0 Å². The van der Waals surface area contributed by atoms with Crippen LogP contribution in [0.25, 0.3) is 10.9 Å². The maximum atomic E-state index is 13.9. The van der Waals surface area contributed by atoms with E-state index in [4.69, 9.17) is 7.85 Å². The molecule has 10 heteroatoms. The summed E-state index contributed by atoms with van der Waals surface area (Å²) in [5, 5.41) is 36.3. The van der Waals surface area contributed by atoms with E-state index in [-0.39, 0.29) is 17.3 Å². The van der Waals surface area contributed by atoms with Gasteiger partial charge in [-0.25, -0.2) is 9.07 Å². The van der Waals surface area contributed by atoms with E-state index >= 15 is 0 Å². The number of aromatic nitrogens is 4. The largest absolute Gasteiger partial charge is 0.380 e. The van der Waals surface area contributed by atoms with Crippen molar-refractivity contribution in [3.63, 3.8) is 0 Å². The second-order valence-corrected chi connectivity index (χ2v) is 11.5. The Balaban J connectivity index is 1.49.